The van der Waals surface area contributed by atoms with Gasteiger partial charge in [0.25, 0.3) is 0 Å². The second-order valence-electron chi connectivity index (χ2n) is 5.74. The Labute approximate surface area is 118 Å². The highest BCUT2D eigenvalue weighted by Crippen LogP contribution is 2.30. The Hall–Kier alpha value is -1.07. The summed E-state index contributed by atoms with van der Waals surface area (Å²) in [5, 5.41) is 13.5. The van der Waals surface area contributed by atoms with Gasteiger partial charge in [-0.3, -0.25) is 0 Å². The summed E-state index contributed by atoms with van der Waals surface area (Å²) in [4.78, 5) is 0. The highest BCUT2D eigenvalue weighted by Gasteiger charge is 2.30. The molecule has 2 unspecified atom stereocenters. The van der Waals surface area contributed by atoms with Crippen molar-refractivity contribution >= 4 is 0 Å². The fourth-order valence-electron chi connectivity index (χ4n) is 1.96. The van der Waals surface area contributed by atoms with Gasteiger partial charge in [0.05, 0.1) is 11.7 Å². The van der Waals surface area contributed by atoms with Crippen molar-refractivity contribution in [2.45, 2.75) is 58.0 Å². The van der Waals surface area contributed by atoms with Crippen LogP contribution in [0.3, 0.4) is 0 Å². The number of rotatable bonds is 5. The molecule has 0 saturated carbocycles. The fraction of sp³-hybridized carbons (Fsp3) is 0.600. The van der Waals surface area contributed by atoms with E-state index in [2.05, 4.69) is 5.32 Å². The Bertz CT molecular complexity index is 426. The molecule has 1 aromatic rings. The summed E-state index contributed by atoms with van der Waals surface area (Å²) in [6.45, 7) is 7.88. The largest absolute Gasteiger partial charge is 0.416 e. The minimum Gasteiger partial charge on any atom is -0.387 e. The lowest BCUT2D eigenvalue weighted by Gasteiger charge is -2.31. The molecule has 0 aliphatic heterocycles. The van der Waals surface area contributed by atoms with Crippen molar-refractivity contribution in [2.75, 3.05) is 0 Å². The summed E-state index contributed by atoms with van der Waals surface area (Å²) in [7, 11) is 0. The van der Waals surface area contributed by atoms with Gasteiger partial charge in [0.15, 0.2) is 0 Å². The fourth-order valence-corrected chi connectivity index (χ4v) is 1.96. The predicted molar refractivity (Wildman–Crippen MR) is 73.4 cm³/mol. The van der Waals surface area contributed by atoms with Gasteiger partial charge in [0.2, 0.25) is 0 Å². The molecule has 0 saturated heterocycles. The van der Waals surface area contributed by atoms with Crippen LogP contribution in [0.15, 0.2) is 24.3 Å². The Balaban J connectivity index is 2.80. The van der Waals surface area contributed by atoms with E-state index in [4.69, 9.17) is 0 Å². The lowest BCUT2D eigenvalue weighted by Crippen LogP contribution is -2.46. The van der Waals surface area contributed by atoms with Crippen molar-refractivity contribution < 1.29 is 18.3 Å². The molecule has 2 nitrogen and oxygen atoms in total. The first-order valence-corrected chi connectivity index (χ1v) is 6.70. The molecular formula is C15H22F3NO. The lowest BCUT2D eigenvalue weighted by atomic mass is 9.96. The SMILES string of the molecule is CCC(C)(C)NC(C)C(O)c1ccc(C(F)(F)F)cc1. The maximum atomic E-state index is 12.5. The van der Waals surface area contributed by atoms with Crippen LogP contribution in [0.2, 0.25) is 0 Å². The Morgan fingerprint density at radius 3 is 2.05 bits per heavy atom. The number of hydrogen-bond acceptors (Lipinski definition) is 2. The first kappa shape index (κ1) is 17.0. The van der Waals surface area contributed by atoms with Gasteiger partial charge in [-0.25, -0.2) is 0 Å². The number of aliphatic hydroxyl groups excluding tert-OH is 1. The Kier molecular flexibility index (Phi) is 5.21. The molecule has 0 spiro atoms. The van der Waals surface area contributed by atoms with Crippen molar-refractivity contribution in [2.24, 2.45) is 0 Å². The molecule has 0 fully saturated rings. The summed E-state index contributed by atoms with van der Waals surface area (Å²) >= 11 is 0. The topological polar surface area (TPSA) is 32.3 Å². The highest BCUT2D eigenvalue weighted by atomic mass is 19.4. The number of halogens is 3. The number of benzene rings is 1. The van der Waals surface area contributed by atoms with Crippen molar-refractivity contribution in [1.29, 1.82) is 0 Å². The van der Waals surface area contributed by atoms with Crippen LogP contribution in [0, 0.1) is 0 Å². The van der Waals surface area contributed by atoms with Gasteiger partial charge in [-0.05, 0) is 44.9 Å². The monoisotopic (exact) mass is 289 g/mol. The van der Waals surface area contributed by atoms with Gasteiger partial charge in [0.1, 0.15) is 0 Å². The van der Waals surface area contributed by atoms with Crippen LogP contribution < -0.4 is 5.32 Å². The van der Waals surface area contributed by atoms with Gasteiger partial charge in [-0.15, -0.1) is 0 Å². The molecule has 20 heavy (non-hydrogen) atoms. The molecule has 114 valence electrons. The van der Waals surface area contributed by atoms with Gasteiger partial charge < -0.3 is 10.4 Å². The van der Waals surface area contributed by atoms with Gasteiger partial charge in [-0.1, -0.05) is 19.1 Å². The average molecular weight is 289 g/mol. The molecule has 2 N–H and O–H groups in total. The molecule has 0 aliphatic rings. The Morgan fingerprint density at radius 2 is 1.65 bits per heavy atom. The molecule has 0 radical (unpaired) electrons. The maximum Gasteiger partial charge on any atom is 0.416 e. The van der Waals surface area contributed by atoms with Crippen LogP contribution in [-0.2, 0) is 6.18 Å². The van der Waals surface area contributed by atoms with Crippen molar-refractivity contribution in [1.82, 2.24) is 5.32 Å². The van der Waals surface area contributed by atoms with Crippen LogP contribution in [0.5, 0.6) is 0 Å². The standard InChI is InChI=1S/C15H22F3NO/c1-5-14(3,4)19-10(2)13(20)11-6-8-12(9-7-11)15(16,17)18/h6-10,13,19-20H,5H2,1-4H3. The van der Waals surface area contributed by atoms with E-state index in [9.17, 15) is 18.3 Å². The summed E-state index contributed by atoms with van der Waals surface area (Å²) < 4.78 is 37.4. The van der Waals surface area contributed by atoms with E-state index in [1.165, 1.54) is 12.1 Å². The van der Waals surface area contributed by atoms with E-state index < -0.39 is 17.8 Å². The third kappa shape index (κ3) is 4.49. The van der Waals surface area contributed by atoms with Crippen molar-refractivity contribution in [3.8, 4) is 0 Å². The lowest BCUT2D eigenvalue weighted by molar-refractivity contribution is -0.137. The van der Waals surface area contributed by atoms with Gasteiger partial charge >= 0.3 is 6.18 Å². The molecule has 0 heterocycles. The zero-order chi connectivity index (χ0) is 15.6. The molecule has 1 rings (SSSR count). The average Bonchev–Trinajstić information content (AvgIpc) is 2.36. The molecule has 0 aliphatic carbocycles. The summed E-state index contributed by atoms with van der Waals surface area (Å²) in [5.74, 6) is 0. The summed E-state index contributed by atoms with van der Waals surface area (Å²) in [6, 6.07) is 4.39. The minimum atomic E-state index is -4.35. The first-order chi connectivity index (χ1) is 9.07. The number of nitrogens with one attached hydrogen (secondary N) is 1. The Morgan fingerprint density at radius 1 is 1.15 bits per heavy atom. The quantitative estimate of drug-likeness (QED) is 0.861. The van der Waals surface area contributed by atoms with Gasteiger partial charge in [-0.2, -0.15) is 13.2 Å². The molecular weight excluding hydrogens is 267 g/mol. The van der Waals surface area contributed by atoms with Crippen molar-refractivity contribution in [3.63, 3.8) is 0 Å². The van der Waals surface area contributed by atoms with E-state index in [1.807, 2.05) is 27.7 Å². The molecule has 5 heteroatoms. The normalized spacial score (nSPS) is 16.0. The third-order valence-corrected chi connectivity index (χ3v) is 3.56. The van der Waals surface area contributed by atoms with Crippen LogP contribution in [0.25, 0.3) is 0 Å². The van der Waals surface area contributed by atoms with Crippen LogP contribution in [0.1, 0.15) is 51.3 Å². The zero-order valence-corrected chi connectivity index (χ0v) is 12.3. The van der Waals surface area contributed by atoms with E-state index in [0.29, 0.717) is 5.56 Å². The molecule has 0 aromatic heterocycles. The minimum absolute atomic E-state index is 0.133. The van der Waals surface area contributed by atoms with Crippen LogP contribution >= 0.6 is 0 Å². The summed E-state index contributed by atoms with van der Waals surface area (Å²) in [5.41, 5.74) is -0.361. The maximum absolute atomic E-state index is 12.5. The van der Waals surface area contributed by atoms with E-state index in [-0.39, 0.29) is 11.6 Å². The van der Waals surface area contributed by atoms with E-state index in [0.717, 1.165) is 18.6 Å². The number of aliphatic hydroxyl groups is 1. The second-order valence-corrected chi connectivity index (χ2v) is 5.74. The van der Waals surface area contributed by atoms with Crippen LogP contribution in [-0.4, -0.2) is 16.7 Å². The number of alkyl halides is 3. The van der Waals surface area contributed by atoms with Crippen molar-refractivity contribution in [3.05, 3.63) is 35.4 Å². The smallest absolute Gasteiger partial charge is 0.387 e. The molecule has 1 aromatic carbocycles. The molecule has 2 atom stereocenters. The van der Waals surface area contributed by atoms with E-state index >= 15 is 0 Å². The molecule has 0 bridgehead atoms. The molecule has 0 amide bonds. The first-order valence-electron chi connectivity index (χ1n) is 6.70. The zero-order valence-electron chi connectivity index (χ0n) is 12.3. The number of hydrogen-bond donors (Lipinski definition) is 2. The van der Waals surface area contributed by atoms with E-state index in [1.54, 1.807) is 0 Å². The second kappa shape index (κ2) is 6.14. The summed E-state index contributed by atoms with van der Waals surface area (Å²) in [6.07, 6.45) is -4.31. The van der Waals surface area contributed by atoms with Crippen LogP contribution in [0.4, 0.5) is 13.2 Å². The van der Waals surface area contributed by atoms with Gasteiger partial charge in [0, 0.05) is 11.6 Å². The predicted octanol–water partition coefficient (Wildman–Crippen LogP) is 3.91. The third-order valence-electron chi connectivity index (χ3n) is 3.56. The highest BCUT2D eigenvalue weighted by molar-refractivity contribution is 5.26.